The zero-order chi connectivity index (χ0) is 25.5. The molecule has 1 fully saturated rings. The molecule has 0 saturated heterocycles. The lowest BCUT2D eigenvalue weighted by atomic mass is 9.94. The van der Waals surface area contributed by atoms with Gasteiger partial charge in [0.25, 0.3) is 5.91 Å². The maximum absolute atomic E-state index is 13.8. The summed E-state index contributed by atoms with van der Waals surface area (Å²) < 4.78 is 15.5. The van der Waals surface area contributed by atoms with Crippen LogP contribution in [0.15, 0.2) is 71.3 Å². The van der Waals surface area contributed by atoms with E-state index in [-0.39, 0.29) is 17.7 Å². The number of benzene rings is 2. The fraction of sp³-hybridized carbons (Fsp3) is 0.321. The van der Waals surface area contributed by atoms with Gasteiger partial charge in [0.05, 0.1) is 26.0 Å². The van der Waals surface area contributed by atoms with Crippen LogP contribution in [0.3, 0.4) is 0 Å². The van der Waals surface area contributed by atoms with Crippen molar-refractivity contribution in [2.45, 2.75) is 44.2 Å². The number of esters is 1. The van der Waals surface area contributed by atoms with Crippen LogP contribution in [-0.4, -0.2) is 38.0 Å². The largest absolute Gasteiger partial charge is 0.497 e. The molecule has 3 aromatic rings. The number of hydrogen-bond acceptors (Lipinski definition) is 6. The van der Waals surface area contributed by atoms with Crippen molar-refractivity contribution in [3.05, 3.63) is 83.8 Å². The summed E-state index contributed by atoms with van der Waals surface area (Å²) in [5.74, 6) is -0.533. The molecule has 1 heterocycles. The number of amides is 2. The summed E-state index contributed by atoms with van der Waals surface area (Å²) in [5.41, 5.74) is 1.38. The highest BCUT2D eigenvalue weighted by atomic mass is 16.5. The summed E-state index contributed by atoms with van der Waals surface area (Å²) in [4.78, 5) is 41.0. The average Bonchev–Trinajstić information content (AvgIpc) is 3.47. The SMILES string of the molecule is COC(=O)c1ccc(N(C(=O)c2ccco2)C(C(=O)NC2CCCCC2)c2ccc(OC)cc2)cc1. The van der Waals surface area contributed by atoms with Crippen LogP contribution >= 0.6 is 0 Å². The van der Waals surface area contributed by atoms with Gasteiger partial charge in [-0.3, -0.25) is 14.5 Å². The number of ether oxygens (including phenoxy) is 2. The lowest BCUT2D eigenvalue weighted by Crippen LogP contribution is -2.47. The lowest BCUT2D eigenvalue weighted by Gasteiger charge is -2.33. The molecule has 0 aliphatic heterocycles. The summed E-state index contributed by atoms with van der Waals surface area (Å²) in [6.45, 7) is 0. The third-order valence-electron chi connectivity index (χ3n) is 6.41. The zero-order valence-electron chi connectivity index (χ0n) is 20.4. The molecule has 1 aliphatic rings. The van der Waals surface area contributed by atoms with Crippen molar-refractivity contribution >= 4 is 23.5 Å². The van der Waals surface area contributed by atoms with Gasteiger partial charge in [-0.2, -0.15) is 0 Å². The topological polar surface area (TPSA) is 98.1 Å². The van der Waals surface area contributed by atoms with E-state index in [9.17, 15) is 14.4 Å². The Labute approximate surface area is 210 Å². The first kappa shape index (κ1) is 25.0. The first-order chi connectivity index (χ1) is 17.5. The van der Waals surface area contributed by atoms with E-state index < -0.39 is 17.9 Å². The number of hydrogen-bond donors (Lipinski definition) is 1. The van der Waals surface area contributed by atoms with E-state index >= 15 is 0 Å². The van der Waals surface area contributed by atoms with Crippen LogP contribution in [0, 0.1) is 0 Å². The van der Waals surface area contributed by atoms with Gasteiger partial charge in [-0.1, -0.05) is 31.4 Å². The van der Waals surface area contributed by atoms with Crippen molar-refractivity contribution in [1.82, 2.24) is 5.32 Å². The fourth-order valence-electron chi connectivity index (χ4n) is 4.51. The van der Waals surface area contributed by atoms with Crippen LogP contribution < -0.4 is 15.0 Å². The third-order valence-corrected chi connectivity index (χ3v) is 6.41. The molecule has 0 spiro atoms. The molecule has 0 radical (unpaired) electrons. The number of methoxy groups -OCH3 is 2. The molecule has 188 valence electrons. The monoisotopic (exact) mass is 490 g/mol. The first-order valence-electron chi connectivity index (χ1n) is 12.0. The molecule has 1 atom stereocenters. The van der Waals surface area contributed by atoms with Gasteiger partial charge in [-0.25, -0.2) is 4.79 Å². The highest BCUT2D eigenvalue weighted by molar-refractivity contribution is 6.09. The van der Waals surface area contributed by atoms with E-state index in [1.54, 1.807) is 67.8 Å². The Morgan fingerprint density at radius 2 is 1.64 bits per heavy atom. The van der Waals surface area contributed by atoms with Crippen LogP contribution in [0.1, 0.15) is 64.6 Å². The van der Waals surface area contributed by atoms with E-state index in [0.29, 0.717) is 22.6 Å². The third kappa shape index (κ3) is 5.59. The summed E-state index contributed by atoms with van der Waals surface area (Å²) in [6.07, 6.45) is 6.49. The zero-order valence-corrected chi connectivity index (χ0v) is 20.4. The van der Waals surface area contributed by atoms with Gasteiger partial charge in [0.15, 0.2) is 5.76 Å². The number of carbonyl (C=O) groups is 3. The quantitative estimate of drug-likeness (QED) is 0.451. The second-order valence-corrected chi connectivity index (χ2v) is 8.71. The van der Waals surface area contributed by atoms with Crippen molar-refractivity contribution in [2.24, 2.45) is 0 Å². The Morgan fingerprint density at radius 1 is 0.944 bits per heavy atom. The van der Waals surface area contributed by atoms with E-state index in [1.807, 2.05) is 0 Å². The predicted molar refractivity (Wildman–Crippen MR) is 134 cm³/mol. The first-order valence-corrected chi connectivity index (χ1v) is 12.0. The summed E-state index contributed by atoms with van der Waals surface area (Å²) in [5, 5.41) is 3.17. The van der Waals surface area contributed by atoms with Crippen LogP contribution in [0.25, 0.3) is 0 Å². The molecule has 1 aliphatic carbocycles. The number of furan rings is 1. The second-order valence-electron chi connectivity index (χ2n) is 8.71. The second kappa shape index (κ2) is 11.6. The van der Waals surface area contributed by atoms with Gasteiger partial charge in [0, 0.05) is 11.7 Å². The molecule has 0 bridgehead atoms. The number of nitrogens with zero attached hydrogens (tertiary/aromatic N) is 1. The lowest BCUT2D eigenvalue weighted by molar-refractivity contribution is -0.123. The molecular weight excluding hydrogens is 460 g/mol. The molecule has 1 aromatic heterocycles. The molecular formula is C28H30N2O6. The van der Waals surface area contributed by atoms with Gasteiger partial charge < -0.3 is 19.2 Å². The van der Waals surface area contributed by atoms with E-state index in [2.05, 4.69) is 5.32 Å². The number of rotatable bonds is 8. The van der Waals surface area contributed by atoms with Crippen LogP contribution in [-0.2, 0) is 9.53 Å². The standard InChI is InChI=1S/C28H30N2O6/c1-34-23-16-12-19(13-17-23)25(26(31)29-21-7-4-3-5-8-21)30(27(32)24-9-6-18-36-24)22-14-10-20(11-15-22)28(33)35-2/h6,9-18,21,25H,3-5,7-8H2,1-2H3,(H,29,31). The number of nitrogens with one attached hydrogen (secondary N) is 1. The van der Waals surface area contributed by atoms with Gasteiger partial charge in [-0.15, -0.1) is 0 Å². The summed E-state index contributed by atoms with van der Waals surface area (Å²) in [6, 6.07) is 15.7. The van der Waals surface area contributed by atoms with Gasteiger partial charge in [0.2, 0.25) is 5.91 Å². The molecule has 8 heteroatoms. The summed E-state index contributed by atoms with van der Waals surface area (Å²) in [7, 11) is 2.87. The predicted octanol–water partition coefficient (Wildman–Crippen LogP) is 4.91. The minimum absolute atomic E-state index is 0.0502. The summed E-state index contributed by atoms with van der Waals surface area (Å²) >= 11 is 0. The maximum Gasteiger partial charge on any atom is 0.337 e. The van der Waals surface area contributed by atoms with Crippen LogP contribution in [0.5, 0.6) is 5.75 Å². The van der Waals surface area contributed by atoms with Crippen molar-refractivity contribution in [1.29, 1.82) is 0 Å². The minimum atomic E-state index is -0.987. The van der Waals surface area contributed by atoms with E-state index in [0.717, 1.165) is 32.1 Å². The van der Waals surface area contributed by atoms with Crippen molar-refractivity contribution in [3.63, 3.8) is 0 Å². The molecule has 36 heavy (non-hydrogen) atoms. The van der Waals surface area contributed by atoms with Gasteiger partial charge in [0.1, 0.15) is 11.8 Å². The molecule has 2 aromatic carbocycles. The molecule has 2 amide bonds. The highest BCUT2D eigenvalue weighted by Crippen LogP contribution is 2.32. The Hall–Kier alpha value is -4.07. The normalized spacial score (nSPS) is 14.5. The smallest absolute Gasteiger partial charge is 0.337 e. The van der Waals surface area contributed by atoms with E-state index in [1.165, 1.54) is 18.3 Å². The maximum atomic E-state index is 13.8. The molecule has 1 saturated carbocycles. The van der Waals surface area contributed by atoms with Crippen LogP contribution in [0.4, 0.5) is 5.69 Å². The minimum Gasteiger partial charge on any atom is -0.497 e. The molecule has 1 N–H and O–H groups in total. The van der Waals surface area contributed by atoms with Crippen molar-refractivity contribution < 1.29 is 28.3 Å². The molecule has 8 nitrogen and oxygen atoms in total. The number of carbonyl (C=O) groups excluding carboxylic acids is 3. The Balaban J connectivity index is 1.78. The molecule has 4 rings (SSSR count). The van der Waals surface area contributed by atoms with Crippen LogP contribution in [0.2, 0.25) is 0 Å². The average molecular weight is 491 g/mol. The Kier molecular flexibility index (Phi) is 8.05. The Bertz CT molecular complexity index is 1170. The van der Waals surface area contributed by atoms with E-state index in [4.69, 9.17) is 13.9 Å². The fourth-order valence-corrected chi connectivity index (χ4v) is 4.51. The van der Waals surface area contributed by atoms with Gasteiger partial charge >= 0.3 is 5.97 Å². The van der Waals surface area contributed by atoms with Crippen molar-refractivity contribution in [2.75, 3.05) is 19.1 Å². The van der Waals surface area contributed by atoms with Crippen molar-refractivity contribution in [3.8, 4) is 5.75 Å². The highest BCUT2D eigenvalue weighted by Gasteiger charge is 2.35. The van der Waals surface area contributed by atoms with Gasteiger partial charge in [-0.05, 0) is 66.9 Å². The Morgan fingerprint density at radius 3 is 2.22 bits per heavy atom. The molecule has 1 unspecified atom stereocenters. The number of anilines is 1.